The van der Waals surface area contributed by atoms with Crippen molar-refractivity contribution in [2.75, 3.05) is 0 Å². The summed E-state index contributed by atoms with van der Waals surface area (Å²) in [5.74, 6) is 0.00761. The van der Waals surface area contributed by atoms with Crippen molar-refractivity contribution in [2.45, 2.75) is 39.7 Å². The van der Waals surface area contributed by atoms with Gasteiger partial charge in [0.05, 0.1) is 12.5 Å². The zero-order valence-electron chi connectivity index (χ0n) is 9.99. The molecule has 0 radical (unpaired) electrons. The summed E-state index contributed by atoms with van der Waals surface area (Å²) in [5.41, 5.74) is 1.91. The third kappa shape index (κ3) is 3.57. The number of carboxylic acids is 1. The number of rotatable bonds is 5. The lowest BCUT2D eigenvalue weighted by Gasteiger charge is -2.12. The number of carboxylic acid groups (broad SMARTS) is 1. The quantitative estimate of drug-likeness (QED) is 0.833. The molecule has 0 amide bonds. The van der Waals surface area contributed by atoms with Crippen LogP contribution in [-0.4, -0.2) is 17.2 Å². The Morgan fingerprint density at radius 1 is 1.38 bits per heavy atom. The second-order valence-corrected chi connectivity index (χ2v) is 4.02. The van der Waals surface area contributed by atoms with E-state index in [1.807, 2.05) is 39.0 Å². The number of aryl methyl sites for hydroxylation is 1. The van der Waals surface area contributed by atoms with Crippen LogP contribution in [0.1, 0.15) is 31.9 Å². The first kappa shape index (κ1) is 12.6. The number of aliphatic carboxylic acids is 1. The van der Waals surface area contributed by atoms with Crippen molar-refractivity contribution < 1.29 is 14.6 Å². The van der Waals surface area contributed by atoms with Gasteiger partial charge in [-0.05, 0) is 43.5 Å². The van der Waals surface area contributed by atoms with Gasteiger partial charge in [-0.2, -0.15) is 0 Å². The van der Waals surface area contributed by atoms with Gasteiger partial charge in [0, 0.05) is 0 Å². The highest BCUT2D eigenvalue weighted by molar-refractivity contribution is 5.70. The van der Waals surface area contributed by atoms with Gasteiger partial charge in [-0.1, -0.05) is 13.0 Å². The number of ether oxygens (including phenoxy) is 1. The van der Waals surface area contributed by atoms with Crippen LogP contribution >= 0.6 is 0 Å². The first-order chi connectivity index (χ1) is 7.52. The molecule has 0 saturated carbocycles. The number of hydrogen-bond acceptors (Lipinski definition) is 2. The van der Waals surface area contributed by atoms with E-state index in [2.05, 4.69) is 0 Å². The zero-order chi connectivity index (χ0) is 12.1. The molecule has 0 fully saturated rings. The van der Waals surface area contributed by atoms with Gasteiger partial charge in [0.15, 0.2) is 0 Å². The summed E-state index contributed by atoms with van der Waals surface area (Å²) in [4.78, 5) is 10.7. The van der Waals surface area contributed by atoms with Crippen LogP contribution in [0.25, 0.3) is 0 Å². The van der Waals surface area contributed by atoms with E-state index < -0.39 is 5.97 Å². The fourth-order valence-electron chi connectivity index (χ4n) is 1.61. The highest BCUT2D eigenvalue weighted by Gasteiger charge is 2.07. The molecule has 3 nitrogen and oxygen atoms in total. The Morgan fingerprint density at radius 3 is 2.56 bits per heavy atom. The van der Waals surface area contributed by atoms with E-state index in [4.69, 9.17) is 9.84 Å². The van der Waals surface area contributed by atoms with Crippen LogP contribution < -0.4 is 4.74 Å². The molecule has 0 spiro atoms. The number of carbonyl (C=O) groups is 1. The molecule has 0 saturated heterocycles. The Labute approximate surface area is 96.1 Å². The summed E-state index contributed by atoms with van der Waals surface area (Å²) in [7, 11) is 0. The lowest BCUT2D eigenvalue weighted by molar-refractivity contribution is -0.136. The first-order valence-electron chi connectivity index (χ1n) is 5.53. The molecule has 16 heavy (non-hydrogen) atoms. The molecule has 0 aromatic heterocycles. The third-order valence-corrected chi connectivity index (χ3v) is 2.27. The van der Waals surface area contributed by atoms with Crippen molar-refractivity contribution in [3.8, 4) is 5.75 Å². The standard InChI is InChI=1S/C13H18O3/c1-4-10-7-12(16-9(2)3)6-5-11(10)8-13(14)15/h5-7,9H,4,8H2,1-3H3,(H,14,15). The maximum Gasteiger partial charge on any atom is 0.307 e. The lowest BCUT2D eigenvalue weighted by atomic mass is 10.0. The Bertz CT molecular complexity index is 369. The van der Waals surface area contributed by atoms with Gasteiger partial charge in [0.1, 0.15) is 5.75 Å². The molecule has 0 heterocycles. The van der Waals surface area contributed by atoms with Crippen molar-refractivity contribution in [1.29, 1.82) is 0 Å². The van der Waals surface area contributed by atoms with Crippen LogP contribution in [0.4, 0.5) is 0 Å². The minimum Gasteiger partial charge on any atom is -0.491 e. The van der Waals surface area contributed by atoms with Gasteiger partial charge >= 0.3 is 5.97 Å². The smallest absolute Gasteiger partial charge is 0.307 e. The van der Waals surface area contributed by atoms with Crippen LogP contribution in [0.15, 0.2) is 18.2 Å². The molecule has 0 unspecified atom stereocenters. The number of hydrogen-bond donors (Lipinski definition) is 1. The van der Waals surface area contributed by atoms with E-state index in [0.717, 1.165) is 23.3 Å². The molecule has 0 atom stereocenters. The fraction of sp³-hybridized carbons (Fsp3) is 0.462. The molecule has 0 aliphatic carbocycles. The molecule has 1 N–H and O–H groups in total. The molecule has 1 aromatic carbocycles. The van der Waals surface area contributed by atoms with Gasteiger partial charge in [0.2, 0.25) is 0 Å². The van der Waals surface area contributed by atoms with Crippen molar-refractivity contribution >= 4 is 5.97 Å². The van der Waals surface area contributed by atoms with Gasteiger partial charge < -0.3 is 9.84 Å². The van der Waals surface area contributed by atoms with Crippen LogP contribution in [0, 0.1) is 0 Å². The average molecular weight is 222 g/mol. The molecule has 0 bridgehead atoms. The Balaban J connectivity index is 2.92. The SMILES string of the molecule is CCc1cc(OC(C)C)ccc1CC(=O)O. The second kappa shape index (κ2) is 5.54. The minimum absolute atomic E-state index is 0.0745. The predicted octanol–water partition coefficient (Wildman–Crippen LogP) is 2.66. The van der Waals surface area contributed by atoms with Crippen LogP contribution in [0.3, 0.4) is 0 Å². The van der Waals surface area contributed by atoms with Crippen LogP contribution in [-0.2, 0) is 17.6 Å². The Kier molecular flexibility index (Phi) is 4.35. The van der Waals surface area contributed by atoms with Crippen LogP contribution in [0.5, 0.6) is 5.75 Å². The normalized spacial score (nSPS) is 10.5. The van der Waals surface area contributed by atoms with E-state index in [-0.39, 0.29) is 12.5 Å². The van der Waals surface area contributed by atoms with Crippen molar-refractivity contribution in [3.05, 3.63) is 29.3 Å². The van der Waals surface area contributed by atoms with E-state index in [1.165, 1.54) is 0 Å². The van der Waals surface area contributed by atoms with E-state index in [0.29, 0.717) is 0 Å². The van der Waals surface area contributed by atoms with Gasteiger partial charge in [-0.25, -0.2) is 0 Å². The van der Waals surface area contributed by atoms with Crippen molar-refractivity contribution in [2.24, 2.45) is 0 Å². The molecule has 1 rings (SSSR count). The summed E-state index contributed by atoms with van der Waals surface area (Å²) in [6, 6.07) is 5.60. The maximum absolute atomic E-state index is 10.7. The molecular formula is C13H18O3. The second-order valence-electron chi connectivity index (χ2n) is 4.02. The Hall–Kier alpha value is -1.51. The third-order valence-electron chi connectivity index (χ3n) is 2.27. The monoisotopic (exact) mass is 222 g/mol. The predicted molar refractivity (Wildman–Crippen MR) is 62.9 cm³/mol. The summed E-state index contributed by atoms with van der Waals surface area (Å²) in [6.45, 7) is 5.95. The lowest BCUT2D eigenvalue weighted by Crippen LogP contribution is -2.07. The molecule has 88 valence electrons. The molecule has 3 heteroatoms. The zero-order valence-corrected chi connectivity index (χ0v) is 9.99. The largest absolute Gasteiger partial charge is 0.491 e. The fourth-order valence-corrected chi connectivity index (χ4v) is 1.61. The average Bonchev–Trinajstić information content (AvgIpc) is 2.18. The molecular weight excluding hydrogens is 204 g/mol. The van der Waals surface area contributed by atoms with Gasteiger partial charge in [-0.15, -0.1) is 0 Å². The van der Waals surface area contributed by atoms with E-state index in [9.17, 15) is 4.79 Å². The summed E-state index contributed by atoms with van der Waals surface area (Å²) < 4.78 is 5.57. The number of benzene rings is 1. The summed E-state index contributed by atoms with van der Waals surface area (Å²) in [6.07, 6.45) is 1.03. The van der Waals surface area contributed by atoms with E-state index >= 15 is 0 Å². The van der Waals surface area contributed by atoms with Crippen molar-refractivity contribution in [3.63, 3.8) is 0 Å². The molecule has 0 aliphatic rings. The highest BCUT2D eigenvalue weighted by Crippen LogP contribution is 2.20. The minimum atomic E-state index is -0.799. The highest BCUT2D eigenvalue weighted by atomic mass is 16.5. The van der Waals surface area contributed by atoms with Gasteiger partial charge in [0.25, 0.3) is 0 Å². The van der Waals surface area contributed by atoms with Gasteiger partial charge in [-0.3, -0.25) is 4.79 Å². The summed E-state index contributed by atoms with van der Waals surface area (Å²) in [5, 5.41) is 8.77. The van der Waals surface area contributed by atoms with Crippen LogP contribution in [0.2, 0.25) is 0 Å². The summed E-state index contributed by atoms with van der Waals surface area (Å²) >= 11 is 0. The first-order valence-corrected chi connectivity index (χ1v) is 5.53. The maximum atomic E-state index is 10.7. The topological polar surface area (TPSA) is 46.5 Å². The van der Waals surface area contributed by atoms with E-state index in [1.54, 1.807) is 0 Å². The molecule has 1 aromatic rings. The Morgan fingerprint density at radius 2 is 2.06 bits per heavy atom. The van der Waals surface area contributed by atoms with Crippen molar-refractivity contribution in [1.82, 2.24) is 0 Å². The molecule has 0 aliphatic heterocycles.